The minimum absolute atomic E-state index is 0.00605. The lowest BCUT2D eigenvalue weighted by Crippen LogP contribution is -2.30. The van der Waals surface area contributed by atoms with Crippen molar-refractivity contribution in [2.75, 3.05) is 18.1 Å². The van der Waals surface area contributed by atoms with Gasteiger partial charge in [0.2, 0.25) is 11.8 Å². The van der Waals surface area contributed by atoms with Crippen LogP contribution in [0.15, 0.2) is 54.6 Å². The molecule has 5 heteroatoms. The number of carbonyl (C=O) groups excluding carboxylic acids is 2. The van der Waals surface area contributed by atoms with E-state index in [2.05, 4.69) is 5.32 Å². The van der Waals surface area contributed by atoms with Gasteiger partial charge in [-0.05, 0) is 30.0 Å². The fraction of sp³-hybridized carbons (Fsp3) is 0.300. The number of rotatable bonds is 5. The lowest BCUT2D eigenvalue weighted by Gasteiger charge is -2.19. The Bertz CT molecular complexity index is 748. The summed E-state index contributed by atoms with van der Waals surface area (Å²) in [4.78, 5) is 26.5. The quantitative estimate of drug-likeness (QED) is 0.896. The molecule has 130 valence electrons. The van der Waals surface area contributed by atoms with Gasteiger partial charge in [0.15, 0.2) is 0 Å². The normalized spacial score (nSPS) is 16.5. The average Bonchev–Trinajstić information content (AvgIpc) is 2.78. The molecule has 2 aromatic rings. The third kappa shape index (κ3) is 4.63. The number of hydrogen-bond donors (Lipinski definition) is 1. The first-order valence-electron chi connectivity index (χ1n) is 8.42. The van der Waals surface area contributed by atoms with Crippen molar-refractivity contribution in [1.82, 2.24) is 4.90 Å². The van der Waals surface area contributed by atoms with Gasteiger partial charge in [-0.15, -0.1) is 11.8 Å². The molecule has 0 fully saturated rings. The SMILES string of the molecule is CN(Cc1ccccc1)C(=O)CSC1CCc2ccccc2NC1=O. The van der Waals surface area contributed by atoms with Gasteiger partial charge in [-0.2, -0.15) is 0 Å². The zero-order chi connectivity index (χ0) is 17.6. The molecule has 1 aliphatic rings. The Kier molecular flexibility index (Phi) is 5.76. The standard InChI is InChI=1S/C20H22N2O2S/c1-22(13-15-7-3-2-4-8-15)19(23)14-25-18-12-11-16-9-5-6-10-17(16)21-20(18)24/h2-10,18H,11-14H2,1H3,(H,21,24). The van der Waals surface area contributed by atoms with Gasteiger partial charge in [-0.3, -0.25) is 9.59 Å². The monoisotopic (exact) mass is 354 g/mol. The van der Waals surface area contributed by atoms with Crippen LogP contribution in [0.4, 0.5) is 5.69 Å². The number of nitrogens with zero attached hydrogens (tertiary/aromatic N) is 1. The van der Waals surface area contributed by atoms with E-state index < -0.39 is 0 Å². The van der Waals surface area contributed by atoms with Crippen LogP contribution in [0.3, 0.4) is 0 Å². The second-order valence-electron chi connectivity index (χ2n) is 6.22. The number of thioether (sulfide) groups is 1. The van der Waals surface area contributed by atoms with Crippen LogP contribution in [-0.4, -0.2) is 34.8 Å². The molecule has 0 saturated carbocycles. The maximum Gasteiger partial charge on any atom is 0.237 e. The molecule has 3 rings (SSSR count). The molecule has 0 radical (unpaired) electrons. The molecule has 0 saturated heterocycles. The molecule has 1 unspecified atom stereocenters. The van der Waals surface area contributed by atoms with E-state index in [1.165, 1.54) is 11.8 Å². The predicted octanol–water partition coefficient (Wildman–Crippen LogP) is 3.33. The minimum Gasteiger partial charge on any atom is -0.341 e. The summed E-state index contributed by atoms with van der Waals surface area (Å²) in [6.07, 6.45) is 1.60. The van der Waals surface area contributed by atoms with Crippen molar-refractivity contribution >= 4 is 29.3 Å². The molecule has 2 aromatic carbocycles. The number of fused-ring (bicyclic) bond motifs is 1. The second-order valence-corrected chi connectivity index (χ2v) is 7.41. The molecule has 0 spiro atoms. The van der Waals surface area contributed by atoms with Gasteiger partial charge >= 0.3 is 0 Å². The molecule has 1 N–H and O–H groups in total. The maximum atomic E-state index is 12.4. The lowest BCUT2D eigenvalue weighted by atomic mass is 10.1. The van der Waals surface area contributed by atoms with Crippen LogP contribution in [0.25, 0.3) is 0 Å². The van der Waals surface area contributed by atoms with Crippen molar-refractivity contribution in [3.05, 3.63) is 65.7 Å². The van der Waals surface area contributed by atoms with E-state index in [1.807, 2.05) is 54.6 Å². The molecule has 0 aliphatic carbocycles. The molecule has 4 nitrogen and oxygen atoms in total. The molecule has 2 amide bonds. The van der Waals surface area contributed by atoms with Crippen LogP contribution in [0.1, 0.15) is 17.5 Å². The van der Waals surface area contributed by atoms with Crippen molar-refractivity contribution in [2.45, 2.75) is 24.6 Å². The second kappa shape index (κ2) is 8.21. The van der Waals surface area contributed by atoms with Gasteiger partial charge in [-0.25, -0.2) is 0 Å². The molecule has 1 atom stereocenters. The zero-order valence-corrected chi connectivity index (χ0v) is 15.1. The molecule has 1 heterocycles. The molecular weight excluding hydrogens is 332 g/mol. The number of amides is 2. The Morgan fingerprint density at radius 3 is 2.68 bits per heavy atom. The number of anilines is 1. The van der Waals surface area contributed by atoms with Crippen LogP contribution < -0.4 is 5.32 Å². The van der Waals surface area contributed by atoms with E-state index in [-0.39, 0.29) is 17.1 Å². The van der Waals surface area contributed by atoms with Gasteiger partial charge in [0.05, 0.1) is 11.0 Å². The van der Waals surface area contributed by atoms with Crippen LogP contribution in [-0.2, 0) is 22.6 Å². The van der Waals surface area contributed by atoms with E-state index in [9.17, 15) is 9.59 Å². The Morgan fingerprint density at radius 1 is 1.16 bits per heavy atom. The van der Waals surface area contributed by atoms with Crippen LogP contribution in [0.5, 0.6) is 0 Å². The largest absolute Gasteiger partial charge is 0.341 e. The van der Waals surface area contributed by atoms with E-state index in [0.717, 1.165) is 29.7 Å². The number of aryl methyl sites for hydroxylation is 1. The fourth-order valence-corrected chi connectivity index (χ4v) is 3.94. The smallest absolute Gasteiger partial charge is 0.237 e. The van der Waals surface area contributed by atoms with E-state index >= 15 is 0 Å². The lowest BCUT2D eigenvalue weighted by molar-refractivity contribution is -0.127. The topological polar surface area (TPSA) is 49.4 Å². The summed E-state index contributed by atoms with van der Waals surface area (Å²) in [5.74, 6) is 0.356. The first kappa shape index (κ1) is 17.5. The number of hydrogen-bond acceptors (Lipinski definition) is 3. The van der Waals surface area contributed by atoms with Crippen molar-refractivity contribution < 1.29 is 9.59 Å². The highest BCUT2D eigenvalue weighted by atomic mass is 32.2. The Balaban J connectivity index is 1.53. The molecule has 0 bridgehead atoms. The van der Waals surface area contributed by atoms with Crippen molar-refractivity contribution in [2.24, 2.45) is 0 Å². The summed E-state index contributed by atoms with van der Waals surface area (Å²) < 4.78 is 0. The van der Waals surface area contributed by atoms with Gasteiger partial charge in [0.1, 0.15) is 0 Å². The third-order valence-corrected chi connectivity index (χ3v) is 5.61. The van der Waals surface area contributed by atoms with Gasteiger partial charge in [0, 0.05) is 19.3 Å². The van der Waals surface area contributed by atoms with Gasteiger partial charge in [-0.1, -0.05) is 48.5 Å². The van der Waals surface area contributed by atoms with Crippen molar-refractivity contribution in [3.8, 4) is 0 Å². The highest BCUT2D eigenvalue weighted by molar-refractivity contribution is 8.01. The third-order valence-electron chi connectivity index (χ3n) is 4.34. The highest BCUT2D eigenvalue weighted by Gasteiger charge is 2.25. The zero-order valence-electron chi connectivity index (χ0n) is 14.3. The first-order valence-corrected chi connectivity index (χ1v) is 9.46. The van der Waals surface area contributed by atoms with Crippen molar-refractivity contribution in [1.29, 1.82) is 0 Å². The number of para-hydroxylation sites is 1. The van der Waals surface area contributed by atoms with Gasteiger partial charge < -0.3 is 10.2 Å². The summed E-state index contributed by atoms with van der Waals surface area (Å²) in [7, 11) is 1.80. The molecular formula is C20H22N2O2S. The van der Waals surface area contributed by atoms with Crippen LogP contribution >= 0.6 is 11.8 Å². The first-order chi connectivity index (χ1) is 12.1. The van der Waals surface area contributed by atoms with E-state index in [1.54, 1.807) is 11.9 Å². The van der Waals surface area contributed by atoms with Crippen molar-refractivity contribution in [3.63, 3.8) is 0 Å². The predicted molar refractivity (Wildman–Crippen MR) is 103 cm³/mol. The van der Waals surface area contributed by atoms with Gasteiger partial charge in [0.25, 0.3) is 0 Å². The number of nitrogens with one attached hydrogen (secondary N) is 1. The molecule has 1 aliphatic heterocycles. The number of carbonyl (C=O) groups is 2. The summed E-state index contributed by atoms with van der Waals surface area (Å²) in [5, 5.41) is 2.79. The molecule has 0 aromatic heterocycles. The summed E-state index contributed by atoms with van der Waals surface area (Å²) in [6, 6.07) is 17.8. The summed E-state index contributed by atoms with van der Waals surface area (Å²) >= 11 is 1.43. The summed E-state index contributed by atoms with van der Waals surface area (Å²) in [5.41, 5.74) is 3.15. The van der Waals surface area contributed by atoms with Crippen LogP contribution in [0.2, 0.25) is 0 Å². The van der Waals surface area contributed by atoms with E-state index in [0.29, 0.717) is 12.3 Å². The number of benzene rings is 2. The average molecular weight is 354 g/mol. The Hall–Kier alpha value is -2.27. The maximum absolute atomic E-state index is 12.4. The molecule has 25 heavy (non-hydrogen) atoms. The Morgan fingerprint density at radius 2 is 1.88 bits per heavy atom. The fourth-order valence-electron chi connectivity index (χ4n) is 2.88. The van der Waals surface area contributed by atoms with Crippen LogP contribution in [0, 0.1) is 0 Å². The highest BCUT2D eigenvalue weighted by Crippen LogP contribution is 2.27. The Labute approximate surface area is 152 Å². The van der Waals surface area contributed by atoms with E-state index in [4.69, 9.17) is 0 Å². The summed E-state index contributed by atoms with van der Waals surface area (Å²) in [6.45, 7) is 0.586. The minimum atomic E-state index is -0.193.